The Labute approximate surface area is 176 Å². The molecule has 1 aromatic carbocycles. The lowest BCUT2D eigenvalue weighted by atomic mass is 9.94. The van der Waals surface area contributed by atoms with Crippen molar-refractivity contribution in [3.8, 4) is 0 Å². The quantitative estimate of drug-likeness (QED) is 0.473. The van der Waals surface area contributed by atoms with Gasteiger partial charge in [0.1, 0.15) is 0 Å². The zero-order chi connectivity index (χ0) is 21.1. The van der Waals surface area contributed by atoms with E-state index >= 15 is 0 Å². The summed E-state index contributed by atoms with van der Waals surface area (Å²) >= 11 is 1.38. The minimum absolute atomic E-state index is 0.0933. The van der Waals surface area contributed by atoms with Gasteiger partial charge in [-0.05, 0) is 31.9 Å². The average molecular weight is 422 g/mol. The summed E-state index contributed by atoms with van der Waals surface area (Å²) in [6, 6.07) is 7.58. The molecule has 1 fully saturated rings. The minimum atomic E-state index is -0.502. The Morgan fingerprint density at radius 3 is 2.52 bits per heavy atom. The van der Waals surface area contributed by atoms with Gasteiger partial charge in [-0.25, -0.2) is 4.79 Å². The third-order valence-corrected chi connectivity index (χ3v) is 6.01. The van der Waals surface area contributed by atoms with E-state index in [1.807, 2.05) is 24.1 Å². The van der Waals surface area contributed by atoms with Crippen LogP contribution in [0.25, 0.3) is 0 Å². The standard InChI is InChI=1S/C21H31N3O4S/c1-3-28-21(27)23-14-13-22-20(26)17-11-7-8-12-18(17)29-15-19(25)24(2)16-9-5-4-6-10-16/h7-8,11-12,16H,3-6,9-10,13-15H2,1-2H3,(H,22,26)(H,23,27). The number of carbonyl (C=O) groups is 3. The van der Waals surface area contributed by atoms with Crippen LogP contribution >= 0.6 is 11.8 Å². The molecule has 2 rings (SSSR count). The van der Waals surface area contributed by atoms with Gasteiger partial charge in [0, 0.05) is 31.1 Å². The van der Waals surface area contributed by atoms with Gasteiger partial charge in [0.05, 0.1) is 17.9 Å². The second-order valence-electron chi connectivity index (χ2n) is 6.98. The number of alkyl carbamates (subject to hydrolysis) is 1. The summed E-state index contributed by atoms with van der Waals surface area (Å²) in [7, 11) is 1.88. The van der Waals surface area contributed by atoms with Crippen LogP contribution in [0.15, 0.2) is 29.2 Å². The number of amides is 3. The fraction of sp³-hybridized carbons (Fsp3) is 0.571. The maximum atomic E-state index is 12.6. The predicted octanol–water partition coefficient (Wildman–Crippen LogP) is 3.05. The number of ether oxygens (including phenoxy) is 1. The number of hydrogen-bond acceptors (Lipinski definition) is 5. The molecule has 1 saturated carbocycles. The van der Waals surface area contributed by atoms with Crippen LogP contribution in [-0.4, -0.2) is 61.3 Å². The number of thioether (sulfide) groups is 1. The van der Waals surface area contributed by atoms with Crippen molar-refractivity contribution < 1.29 is 19.1 Å². The molecular weight excluding hydrogens is 390 g/mol. The van der Waals surface area contributed by atoms with Crippen molar-refractivity contribution in [1.29, 1.82) is 0 Å². The van der Waals surface area contributed by atoms with Crippen molar-refractivity contribution in [2.45, 2.75) is 50.0 Å². The molecule has 0 aliphatic heterocycles. The summed E-state index contributed by atoms with van der Waals surface area (Å²) in [6.45, 7) is 2.61. The van der Waals surface area contributed by atoms with E-state index in [1.54, 1.807) is 19.1 Å². The molecule has 0 heterocycles. The maximum absolute atomic E-state index is 12.6. The van der Waals surface area contributed by atoms with E-state index in [2.05, 4.69) is 10.6 Å². The van der Waals surface area contributed by atoms with Crippen LogP contribution in [0.2, 0.25) is 0 Å². The van der Waals surface area contributed by atoms with Gasteiger partial charge in [-0.3, -0.25) is 9.59 Å². The molecule has 8 heteroatoms. The first-order valence-corrected chi connectivity index (χ1v) is 11.2. The number of rotatable bonds is 9. The van der Waals surface area contributed by atoms with Crippen LogP contribution in [0.4, 0.5) is 4.79 Å². The summed E-state index contributed by atoms with van der Waals surface area (Å²) in [5, 5.41) is 5.34. The smallest absolute Gasteiger partial charge is 0.407 e. The molecule has 0 radical (unpaired) electrons. The second-order valence-corrected chi connectivity index (χ2v) is 8.00. The van der Waals surface area contributed by atoms with Crippen molar-refractivity contribution in [3.63, 3.8) is 0 Å². The molecule has 0 saturated heterocycles. The molecule has 1 aliphatic rings. The number of carbonyl (C=O) groups excluding carboxylic acids is 3. The third kappa shape index (κ3) is 7.61. The SMILES string of the molecule is CCOC(=O)NCCNC(=O)c1ccccc1SCC(=O)N(C)C1CCCCC1. The Kier molecular flexibility index (Phi) is 9.83. The van der Waals surface area contributed by atoms with Crippen molar-refractivity contribution in [2.24, 2.45) is 0 Å². The molecule has 160 valence electrons. The molecule has 0 aromatic heterocycles. The highest BCUT2D eigenvalue weighted by molar-refractivity contribution is 8.00. The van der Waals surface area contributed by atoms with Gasteiger partial charge in [0.15, 0.2) is 0 Å². The molecule has 3 amide bonds. The number of nitrogens with one attached hydrogen (secondary N) is 2. The molecule has 29 heavy (non-hydrogen) atoms. The Morgan fingerprint density at radius 1 is 1.10 bits per heavy atom. The highest BCUT2D eigenvalue weighted by atomic mass is 32.2. The van der Waals surface area contributed by atoms with Crippen molar-refractivity contribution in [3.05, 3.63) is 29.8 Å². The molecule has 0 atom stereocenters. The lowest BCUT2D eigenvalue weighted by molar-refractivity contribution is -0.129. The Balaban J connectivity index is 1.83. The van der Waals surface area contributed by atoms with Crippen molar-refractivity contribution in [2.75, 3.05) is 32.5 Å². The van der Waals surface area contributed by atoms with E-state index in [0.29, 0.717) is 30.5 Å². The van der Waals surface area contributed by atoms with E-state index in [4.69, 9.17) is 4.74 Å². The normalized spacial score (nSPS) is 14.1. The van der Waals surface area contributed by atoms with E-state index in [0.717, 1.165) is 17.7 Å². The number of nitrogens with zero attached hydrogens (tertiary/aromatic N) is 1. The van der Waals surface area contributed by atoms with Gasteiger partial charge in [0.2, 0.25) is 5.91 Å². The zero-order valence-electron chi connectivity index (χ0n) is 17.2. The second kappa shape index (κ2) is 12.4. The van der Waals surface area contributed by atoms with Gasteiger partial charge in [-0.2, -0.15) is 0 Å². The molecule has 0 spiro atoms. The Hall–Kier alpha value is -2.22. The zero-order valence-corrected chi connectivity index (χ0v) is 18.1. The van der Waals surface area contributed by atoms with Gasteiger partial charge in [-0.15, -0.1) is 11.8 Å². The van der Waals surface area contributed by atoms with E-state index in [-0.39, 0.29) is 18.4 Å². The van der Waals surface area contributed by atoms with Crippen LogP contribution in [-0.2, 0) is 9.53 Å². The van der Waals surface area contributed by atoms with Crippen LogP contribution in [0.3, 0.4) is 0 Å². The van der Waals surface area contributed by atoms with E-state index in [1.165, 1.54) is 31.0 Å². The summed E-state index contributed by atoms with van der Waals surface area (Å²) in [5.74, 6) is 0.171. The fourth-order valence-electron chi connectivity index (χ4n) is 3.31. The van der Waals surface area contributed by atoms with Gasteiger partial charge >= 0.3 is 6.09 Å². The summed E-state index contributed by atoms with van der Waals surface area (Å²) in [4.78, 5) is 39.0. The molecule has 1 aromatic rings. The van der Waals surface area contributed by atoms with Gasteiger partial charge in [-0.1, -0.05) is 31.4 Å². The Bertz CT molecular complexity index is 692. The summed E-state index contributed by atoms with van der Waals surface area (Å²) in [6.07, 6.45) is 5.27. The van der Waals surface area contributed by atoms with Crippen LogP contribution in [0.1, 0.15) is 49.4 Å². The van der Waals surface area contributed by atoms with Crippen LogP contribution in [0, 0.1) is 0 Å². The highest BCUT2D eigenvalue weighted by Gasteiger charge is 2.22. The molecule has 2 N–H and O–H groups in total. The molecular formula is C21H31N3O4S. The monoisotopic (exact) mass is 421 g/mol. The maximum Gasteiger partial charge on any atom is 0.407 e. The van der Waals surface area contributed by atoms with Gasteiger partial charge in [0.25, 0.3) is 5.91 Å². The Morgan fingerprint density at radius 2 is 1.79 bits per heavy atom. The first kappa shape index (κ1) is 23.1. The first-order chi connectivity index (χ1) is 14.0. The van der Waals surface area contributed by atoms with E-state index in [9.17, 15) is 14.4 Å². The van der Waals surface area contributed by atoms with E-state index < -0.39 is 6.09 Å². The summed E-state index contributed by atoms with van der Waals surface area (Å²) in [5.41, 5.74) is 0.529. The van der Waals surface area contributed by atoms with Crippen molar-refractivity contribution >= 4 is 29.7 Å². The van der Waals surface area contributed by atoms with Crippen LogP contribution < -0.4 is 10.6 Å². The lowest BCUT2D eigenvalue weighted by Crippen LogP contribution is -2.39. The molecule has 0 bridgehead atoms. The van der Waals surface area contributed by atoms with Crippen molar-refractivity contribution in [1.82, 2.24) is 15.5 Å². The fourth-order valence-corrected chi connectivity index (χ4v) is 4.28. The van der Waals surface area contributed by atoms with Crippen LogP contribution in [0.5, 0.6) is 0 Å². The third-order valence-electron chi connectivity index (χ3n) is 4.95. The predicted molar refractivity (Wildman–Crippen MR) is 114 cm³/mol. The van der Waals surface area contributed by atoms with Gasteiger partial charge < -0.3 is 20.3 Å². The largest absolute Gasteiger partial charge is 0.450 e. The molecule has 0 unspecified atom stereocenters. The lowest BCUT2D eigenvalue weighted by Gasteiger charge is -2.31. The summed E-state index contributed by atoms with van der Waals surface area (Å²) < 4.78 is 4.77. The molecule has 1 aliphatic carbocycles. The molecule has 7 nitrogen and oxygen atoms in total. The minimum Gasteiger partial charge on any atom is -0.450 e. The topological polar surface area (TPSA) is 87.7 Å². The highest BCUT2D eigenvalue weighted by Crippen LogP contribution is 2.25. The first-order valence-electron chi connectivity index (χ1n) is 10.2. The number of benzene rings is 1. The number of hydrogen-bond donors (Lipinski definition) is 2. The average Bonchev–Trinajstić information content (AvgIpc) is 2.75.